The SMILES string of the molecule is Nc1ccc(Cl)cc1S(=O)(=O)N1CCC[C@H]1CO. The summed E-state index contributed by atoms with van der Waals surface area (Å²) in [5, 5.41) is 9.53. The minimum Gasteiger partial charge on any atom is -0.398 e. The van der Waals surface area contributed by atoms with Crippen LogP contribution in [-0.4, -0.2) is 37.0 Å². The van der Waals surface area contributed by atoms with Crippen molar-refractivity contribution in [3.63, 3.8) is 0 Å². The number of nitrogen functional groups attached to an aromatic ring is 1. The normalized spacial score (nSPS) is 21.3. The van der Waals surface area contributed by atoms with E-state index in [1.807, 2.05) is 0 Å². The van der Waals surface area contributed by atoms with Gasteiger partial charge in [0.15, 0.2) is 0 Å². The van der Waals surface area contributed by atoms with Gasteiger partial charge in [-0.2, -0.15) is 4.31 Å². The Morgan fingerprint density at radius 1 is 1.50 bits per heavy atom. The number of benzene rings is 1. The molecule has 100 valence electrons. The lowest BCUT2D eigenvalue weighted by Crippen LogP contribution is -2.37. The summed E-state index contributed by atoms with van der Waals surface area (Å²) < 4.78 is 26.2. The molecular formula is C11H15ClN2O3S. The van der Waals surface area contributed by atoms with E-state index in [0.29, 0.717) is 18.0 Å². The second kappa shape index (κ2) is 5.05. The zero-order valence-corrected chi connectivity index (χ0v) is 11.3. The molecule has 0 aromatic heterocycles. The lowest BCUT2D eigenvalue weighted by molar-refractivity contribution is 0.213. The van der Waals surface area contributed by atoms with E-state index in [1.165, 1.54) is 16.4 Å². The van der Waals surface area contributed by atoms with Gasteiger partial charge in [-0.25, -0.2) is 8.42 Å². The maximum Gasteiger partial charge on any atom is 0.245 e. The monoisotopic (exact) mass is 290 g/mol. The molecule has 1 heterocycles. The smallest absolute Gasteiger partial charge is 0.245 e. The van der Waals surface area contributed by atoms with E-state index < -0.39 is 10.0 Å². The van der Waals surface area contributed by atoms with Crippen LogP contribution in [0.3, 0.4) is 0 Å². The van der Waals surface area contributed by atoms with E-state index in [9.17, 15) is 13.5 Å². The van der Waals surface area contributed by atoms with Crippen molar-refractivity contribution in [1.82, 2.24) is 4.31 Å². The number of sulfonamides is 1. The van der Waals surface area contributed by atoms with E-state index in [4.69, 9.17) is 17.3 Å². The molecule has 5 nitrogen and oxygen atoms in total. The highest BCUT2D eigenvalue weighted by molar-refractivity contribution is 7.89. The molecule has 0 amide bonds. The van der Waals surface area contributed by atoms with Crippen LogP contribution in [0.1, 0.15) is 12.8 Å². The third kappa shape index (κ3) is 2.33. The van der Waals surface area contributed by atoms with Crippen molar-refractivity contribution in [1.29, 1.82) is 0 Å². The molecule has 1 fully saturated rings. The molecule has 1 saturated heterocycles. The Labute approximate surface area is 111 Å². The second-order valence-electron chi connectivity index (χ2n) is 4.28. The highest BCUT2D eigenvalue weighted by atomic mass is 35.5. The molecule has 0 spiro atoms. The fourth-order valence-corrected chi connectivity index (χ4v) is 4.23. The van der Waals surface area contributed by atoms with E-state index in [-0.39, 0.29) is 23.2 Å². The van der Waals surface area contributed by atoms with Crippen LogP contribution in [-0.2, 0) is 10.0 Å². The Hall–Kier alpha value is -0.820. The minimum absolute atomic E-state index is 0.00958. The fourth-order valence-electron chi connectivity index (χ4n) is 2.17. The molecule has 7 heteroatoms. The van der Waals surface area contributed by atoms with Crippen LogP contribution in [0.25, 0.3) is 0 Å². The van der Waals surface area contributed by atoms with E-state index in [1.54, 1.807) is 6.07 Å². The highest BCUT2D eigenvalue weighted by Gasteiger charge is 2.35. The quantitative estimate of drug-likeness (QED) is 0.816. The molecule has 0 radical (unpaired) electrons. The summed E-state index contributed by atoms with van der Waals surface area (Å²) in [6, 6.07) is 4.00. The number of halogens is 1. The number of aliphatic hydroxyl groups excluding tert-OH is 1. The first kappa shape index (κ1) is 13.6. The van der Waals surface area contributed by atoms with Crippen LogP contribution >= 0.6 is 11.6 Å². The number of hydrogen-bond donors (Lipinski definition) is 2. The average molecular weight is 291 g/mol. The van der Waals surface area contributed by atoms with E-state index in [0.717, 1.165) is 6.42 Å². The first-order valence-electron chi connectivity index (χ1n) is 5.64. The zero-order valence-electron chi connectivity index (χ0n) is 9.71. The maximum atomic E-state index is 12.5. The first-order chi connectivity index (χ1) is 8.46. The van der Waals surface area contributed by atoms with Crippen molar-refractivity contribution in [2.24, 2.45) is 0 Å². The van der Waals surface area contributed by atoms with Crippen molar-refractivity contribution in [2.75, 3.05) is 18.9 Å². The predicted molar refractivity (Wildman–Crippen MR) is 69.9 cm³/mol. The van der Waals surface area contributed by atoms with Gasteiger partial charge < -0.3 is 10.8 Å². The maximum absolute atomic E-state index is 12.5. The molecule has 3 N–H and O–H groups in total. The molecule has 1 aromatic rings. The number of rotatable bonds is 3. The van der Waals surface area contributed by atoms with Crippen LogP contribution in [0.4, 0.5) is 5.69 Å². The minimum atomic E-state index is -3.69. The third-order valence-electron chi connectivity index (χ3n) is 3.10. The summed E-state index contributed by atoms with van der Waals surface area (Å²) in [7, 11) is -3.69. The average Bonchev–Trinajstić information content (AvgIpc) is 2.81. The van der Waals surface area contributed by atoms with Gasteiger partial charge in [0.05, 0.1) is 12.3 Å². The van der Waals surface area contributed by atoms with E-state index >= 15 is 0 Å². The Kier molecular flexibility index (Phi) is 3.82. The van der Waals surface area contributed by atoms with Crippen molar-refractivity contribution < 1.29 is 13.5 Å². The number of nitrogens with zero attached hydrogens (tertiary/aromatic N) is 1. The van der Waals surface area contributed by atoms with Gasteiger partial charge in [-0.1, -0.05) is 11.6 Å². The molecule has 1 aliphatic heterocycles. The molecular weight excluding hydrogens is 276 g/mol. The summed E-state index contributed by atoms with van der Waals surface area (Å²) in [5.74, 6) is 0. The summed E-state index contributed by atoms with van der Waals surface area (Å²) in [6.07, 6.45) is 1.40. The zero-order chi connectivity index (χ0) is 13.3. The lowest BCUT2D eigenvalue weighted by Gasteiger charge is -2.23. The second-order valence-corrected chi connectivity index (χ2v) is 6.57. The molecule has 0 saturated carbocycles. The highest BCUT2D eigenvalue weighted by Crippen LogP contribution is 2.30. The molecule has 0 unspecified atom stereocenters. The van der Waals surface area contributed by atoms with Crippen LogP contribution in [0.2, 0.25) is 5.02 Å². The number of aliphatic hydroxyl groups is 1. The van der Waals surface area contributed by atoms with Crippen molar-refractivity contribution >= 4 is 27.3 Å². The third-order valence-corrected chi connectivity index (χ3v) is 5.34. The van der Waals surface area contributed by atoms with Crippen molar-refractivity contribution in [3.8, 4) is 0 Å². The molecule has 2 rings (SSSR count). The Morgan fingerprint density at radius 3 is 2.89 bits per heavy atom. The summed E-state index contributed by atoms with van der Waals surface area (Å²) in [4.78, 5) is 0.00958. The number of nitrogens with two attached hydrogens (primary N) is 1. The lowest BCUT2D eigenvalue weighted by atomic mass is 10.2. The van der Waals surface area contributed by atoms with Crippen molar-refractivity contribution in [2.45, 2.75) is 23.8 Å². The molecule has 0 bridgehead atoms. The molecule has 1 aliphatic rings. The largest absolute Gasteiger partial charge is 0.398 e. The molecule has 0 aliphatic carbocycles. The van der Waals surface area contributed by atoms with Gasteiger partial charge in [0, 0.05) is 17.6 Å². The Morgan fingerprint density at radius 2 is 2.22 bits per heavy atom. The number of hydrogen-bond acceptors (Lipinski definition) is 4. The standard InChI is InChI=1S/C11H15ClN2O3S/c12-8-3-4-10(13)11(6-8)18(16,17)14-5-1-2-9(14)7-15/h3-4,6,9,15H,1-2,5,7,13H2/t9-/m0/s1. The van der Waals surface area contributed by atoms with E-state index in [2.05, 4.69) is 0 Å². The van der Waals surface area contributed by atoms with Crippen molar-refractivity contribution in [3.05, 3.63) is 23.2 Å². The molecule has 18 heavy (non-hydrogen) atoms. The van der Waals surface area contributed by atoms with Gasteiger partial charge in [0.1, 0.15) is 4.90 Å². The summed E-state index contributed by atoms with van der Waals surface area (Å²) >= 11 is 5.81. The predicted octanol–water partition coefficient (Wildman–Crippen LogP) is 1.07. The summed E-state index contributed by atoms with van der Waals surface area (Å²) in [6.45, 7) is 0.221. The van der Waals surface area contributed by atoms with Gasteiger partial charge in [0.2, 0.25) is 10.0 Å². The molecule has 1 aromatic carbocycles. The van der Waals surface area contributed by atoms with Gasteiger partial charge in [-0.15, -0.1) is 0 Å². The van der Waals surface area contributed by atoms with Crippen LogP contribution in [0.5, 0.6) is 0 Å². The van der Waals surface area contributed by atoms with Crippen LogP contribution in [0.15, 0.2) is 23.1 Å². The summed E-state index contributed by atoms with van der Waals surface area (Å²) in [5.41, 5.74) is 5.87. The van der Waals surface area contributed by atoms with Crippen LogP contribution < -0.4 is 5.73 Å². The molecule has 1 atom stereocenters. The fraction of sp³-hybridized carbons (Fsp3) is 0.455. The Bertz CT molecular complexity index is 547. The Balaban J connectivity index is 2.45. The topological polar surface area (TPSA) is 83.6 Å². The van der Waals surface area contributed by atoms with Crippen LogP contribution in [0, 0.1) is 0 Å². The van der Waals surface area contributed by atoms with Gasteiger partial charge in [0.25, 0.3) is 0 Å². The van der Waals surface area contributed by atoms with Gasteiger partial charge in [-0.3, -0.25) is 0 Å². The van der Waals surface area contributed by atoms with Gasteiger partial charge in [-0.05, 0) is 31.0 Å². The first-order valence-corrected chi connectivity index (χ1v) is 7.46. The van der Waals surface area contributed by atoms with Gasteiger partial charge >= 0.3 is 0 Å². The number of anilines is 1.